The van der Waals surface area contributed by atoms with Crippen molar-refractivity contribution in [2.45, 2.75) is 31.2 Å². The molecule has 1 aliphatic rings. The monoisotopic (exact) mass is 404 g/mol. The van der Waals surface area contributed by atoms with E-state index in [1.165, 1.54) is 29.4 Å². The number of aromatic nitrogens is 1. The molecule has 2 aromatic carbocycles. The van der Waals surface area contributed by atoms with Crippen LogP contribution in [0.4, 0.5) is 0 Å². The van der Waals surface area contributed by atoms with E-state index in [9.17, 15) is 9.59 Å². The van der Waals surface area contributed by atoms with Crippen molar-refractivity contribution in [2.24, 2.45) is 5.73 Å². The first kappa shape index (κ1) is 20.2. The number of carbonyl (C=O) groups excluding carboxylic acids is 2. The van der Waals surface area contributed by atoms with Crippen LogP contribution in [0, 0.1) is 0 Å². The van der Waals surface area contributed by atoms with Crippen LogP contribution >= 0.6 is 0 Å². The van der Waals surface area contributed by atoms with Gasteiger partial charge in [0.2, 0.25) is 5.91 Å². The average Bonchev–Trinajstić information content (AvgIpc) is 3.09. The zero-order chi connectivity index (χ0) is 21.3. The molecule has 1 aliphatic carbocycles. The fraction of sp³-hybridized carbons (Fsp3) is 0.333. The van der Waals surface area contributed by atoms with Crippen LogP contribution in [0.25, 0.3) is 10.9 Å². The number of amides is 2. The van der Waals surface area contributed by atoms with E-state index < -0.39 is 5.91 Å². The molecular formula is C24H28N4O2. The minimum Gasteiger partial charge on any atom is -0.366 e. The molecule has 1 saturated carbocycles. The molecule has 4 rings (SSSR count). The first-order chi connectivity index (χ1) is 14.4. The molecule has 1 heterocycles. The Bertz CT molecular complexity index is 1080. The van der Waals surface area contributed by atoms with E-state index >= 15 is 0 Å². The predicted octanol–water partition coefficient (Wildman–Crippen LogP) is 3.05. The molecule has 0 radical (unpaired) electrons. The second-order valence-electron chi connectivity index (χ2n) is 8.33. The van der Waals surface area contributed by atoms with Crippen molar-refractivity contribution in [3.8, 4) is 0 Å². The standard InChI is InChI=1S/C24H28N4O2/c1-28(2)17-12-16(13-17)21-14-27-22-8-7-15(11-20(21)22)9-10-26-24(30)19-6-4-3-5-18(19)23(25)29/h3-8,11,14,16-17,27H,9-10,12-13H2,1-2H3,(H2,25,29)(H,26,30). The Hall–Kier alpha value is -3.12. The number of rotatable bonds is 7. The van der Waals surface area contributed by atoms with E-state index in [0.717, 1.165) is 11.9 Å². The molecule has 1 fully saturated rings. The normalized spacial score (nSPS) is 18.4. The summed E-state index contributed by atoms with van der Waals surface area (Å²) in [6, 6.07) is 13.7. The molecule has 2 amide bonds. The Labute approximate surface area is 176 Å². The number of nitrogens with zero attached hydrogens (tertiary/aromatic N) is 1. The lowest BCUT2D eigenvalue weighted by Crippen LogP contribution is -2.39. The molecule has 0 aliphatic heterocycles. The highest BCUT2D eigenvalue weighted by atomic mass is 16.2. The first-order valence-corrected chi connectivity index (χ1v) is 10.4. The number of aromatic amines is 1. The van der Waals surface area contributed by atoms with Crippen LogP contribution < -0.4 is 11.1 Å². The smallest absolute Gasteiger partial charge is 0.252 e. The van der Waals surface area contributed by atoms with Crippen LogP contribution in [0.1, 0.15) is 50.6 Å². The highest BCUT2D eigenvalue weighted by Crippen LogP contribution is 2.41. The highest BCUT2D eigenvalue weighted by molar-refractivity contribution is 6.06. The third kappa shape index (κ3) is 3.96. The molecule has 30 heavy (non-hydrogen) atoms. The Morgan fingerprint density at radius 3 is 2.57 bits per heavy atom. The number of benzene rings is 2. The maximum Gasteiger partial charge on any atom is 0.252 e. The lowest BCUT2D eigenvalue weighted by atomic mass is 9.75. The van der Waals surface area contributed by atoms with E-state index in [1.54, 1.807) is 24.3 Å². The van der Waals surface area contributed by atoms with Crippen LogP contribution in [-0.2, 0) is 6.42 Å². The fourth-order valence-corrected chi connectivity index (χ4v) is 4.26. The number of nitrogens with two attached hydrogens (primary N) is 1. The highest BCUT2D eigenvalue weighted by Gasteiger charge is 2.32. The summed E-state index contributed by atoms with van der Waals surface area (Å²) in [5.74, 6) is -0.276. The van der Waals surface area contributed by atoms with Crippen molar-refractivity contribution in [1.82, 2.24) is 15.2 Å². The van der Waals surface area contributed by atoms with E-state index in [2.05, 4.69) is 53.7 Å². The van der Waals surface area contributed by atoms with Crippen LogP contribution in [-0.4, -0.2) is 48.4 Å². The molecule has 6 nitrogen and oxygen atoms in total. The lowest BCUT2D eigenvalue weighted by Gasteiger charge is -2.39. The van der Waals surface area contributed by atoms with Gasteiger partial charge < -0.3 is 20.9 Å². The fourth-order valence-electron chi connectivity index (χ4n) is 4.26. The quantitative estimate of drug-likeness (QED) is 0.565. The summed E-state index contributed by atoms with van der Waals surface area (Å²) in [6.07, 6.45) is 5.25. The third-order valence-electron chi connectivity index (χ3n) is 6.20. The van der Waals surface area contributed by atoms with Crippen LogP contribution in [0.15, 0.2) is 48.7 Å². The molecule has 0 spiro atoms. The molecular weight excluding hydrogens is 376 g/mol. The number of hydrogen-bond acceptors (Lipinski definition) is 3. The molecule has 0 atom stereocenters. The van der Waals surface area contributed by atoms with Crippen LogP contribution in [0.3, 0.4) is 0 Å². The number of nitrogens with one attached hydrogen (secondary N) is 2. The van der Waals surface area contributed by atoms with E-state index in [4.69, 9.17) is 5.73 Å². The Kier molecular flexibility index (Phi) is 5.59. The largest absolute Gasteiger partial charge is 0.366 e. The summed E-state index contributed by atoms with van der Waals surface area (Å²) in [6.45, 7) is 0.489. The Balaban J connectivity index is 1.41. The van der Waals surface area contributed by atoms with Crippen molar-refractivity contribution in [1.29, 1.82) is 0 Å². The Morgan fingerprint density at radius 1 is 1.13 bits per heavy atom. The molecule has 4 N–H and O–H groups in total. The number of primary amides is 1. The summed E-state index contributed by atoms with van der Waals surface area (Å²) < 4.78 is 0. The van der Waals surface area contributed by atoms with Gasteiger partial charge in [0.05, 0.1) is 11.1 Å². The minimum atomic E-state index is -0.598. The molecule has 3 aromatic rings. The summed E-state index contributed by atoms with van der Waals surface area (Å²) in [7, 11) is 4.29. The molecule has 6 heteroatoms. The predicted molar refractivity (Wildman–Crippen MR) is 119 cm³/mol. The van der Waals surface area contributed by atoms with Gasteiger partial charge in [0.15, 0.2) is 0 Å². The zero-order valence-electron chi connectivity index (χ0n) is 17.4. The summed E-state index contributed by atoms with van der Waals surface area (Å²) in [5, 5.41) is 4.18. The SMILES string of the molecule is CN(C)C1CC(c2c[nH]c3ccc(CCNC(=O)c4ccccc4C(N)=O)cc23)C1. The lowest BCUT2D eigenvalue weighted by molar-refractivity contribution is 0.0936. The third-order valence-corrected chi connectivity index (χ3v) is 6.20. The average molecular weight is 405 g/mol. The molecule has 1 aromatic heterocycles. The summed E-state index contributed by atoms with van der Waals surface area (Å²) in [5.41, 5.74) is 9.65. The van der Waals surface area contributed by atoms with E-state index in [-0.39, 0.29) is 11.5 Å². The molecule has 0 bridgehead atoms. The van der Waals surface area contributed by atoms with Crippen molar-refractivity contribution in [3.05, 3.63) is 70.9 Å². The summed E-state index contributed by atoms with van der Waals surface area (Å²) >= 11 is 0. The van der Waals surface area contributed by atoms with Crippen LogP contribution in [0.5, 0.6) is 0 Å². The second-order valence-corrected chi connectivity index (χ2v) is 8.33. The maximum absolute atomic E-state index is 12.5. The number of carbonyl (C=O) groups is 2. The summed E-state index contributed by atoms with van der Waals surface area (Å²) in [4.78, 5) is 29.7. The van der Waals surface area contributed by atoms with Crippen molar-refractivity contribution in [3.63, 3.8) is 0 Å². The van der Waals surface area contributed by atoms with Crippen molar-refractivity contribution in [2.75, 3.05) is 20.6 Å². The van der Waals surface area contributed by atoms with Gasteiger partial charge in [0, 0.05) is 29.7 Å². The number of H-pyrrole nitrogens is 1. The Morgan fingerprint density at radius 2 is 1.87 bits per heavy atom. The topological polar surface area (TPSA) is 91.2 Å². The van der Waals surface area contributed by atoms with Gasteiger partial charge in [0.25, 0.3) is 5.91 Å². The molecule has 0 unspecified atom stereocenters. The van der Waals surface area contributed by atoms with Gasteiger partial charge in [-0.2, -0.15) is 0 Å². The second kappa shape index (κ2) is 8.32. The molecule has 0 saturated heterocycles. The van der Waals surface area contributed by atoms with E-state index in [1.807, 2.05) is 0 Å². The van der Waals surface area contributed by atoms with Gasteiger partial charge in [-0.15, -0.1) is 0 Å². The van der Waals surface area contributed by atoms with E-state index in [0.29, 0.717) is 24.1 Å². The van der Waals surface area contributed by atoms with Gasteiger partial charge in [-0.25, -0.2) is 0 Å². The van der Waals surface area contributed by atoms with Crippen molar-refractivity contribution >= 4 is 22.7 Å². The van der Waals surface area contributed by atoms with Gasteiger partial charge in [-0.1, -0.05) is 18.2 Å². The molecule has 156 valence electrons. The minimum absolute atomic E-state index is 0.241. The first-order valence-electron chi connectivity index (χ1n) is 10.4. The maximum atomic E-state index is 12.5. The number of hydrogen-bond donors (Lipinski definition) is 3. The zero-order valence-corrected chi connectivity index (χ0v) is 17.4. The van der Waals surface area contributed by atoms with Gasteiger partial charge >= 0.3 is 0 Å². The van der Waals surface area contributed by atoms with Gasteiger partial charge in [-0.05, 0) is 74.7 Å². The van der Waals surface area contributed by atoms with Gasteiger partial charge in [0.1, 0.15) is 0 Å². The van der Waals surface area contributed by atoms with Gasteiger partial charge in [-0.3, -0.25) is 9.59 Å². The van der Waals surface area contributed by atoms with Crippen LogP contribution in [0.2, 0.25) is 0 Å². The number of fused-ring (bicyclic) bond motifs is 1. The van der Waals surface area contributed by atoms with Crippen molar-refractivity contribution < 1.29 is 9.59 Å².